The second kappa shape index (κ2) is 10.4. The summed E-state index contributed by atoms with van der Waals surface area (Å²) in [4.78, 5) is 9.15. The van der Waals surface area contributed by atoms with Gasteiger partial charge in [0.2, 0.25) is 0 Å². The summed E-state index contributed by atoms with van der Waals surface area (Å²) in [5.41, 5.74) is 1.21. The fourth-order valence-corrected chi connectivity index (χ4v) is 1.75. The van der Waals surface area contributed by atoms with Gasteiger partial charge in [0, 0.05) is 7.05 Å². The maximum atomic E-state index is 9.36. The number of aromatic hydroxyl groups is 1. The van der Waals surface area contributed by atoms with E-state index in [1.54, 1.807) is 6.07 Å². The van der Waals surface area contributed by atoms with Gasteiger partial charge in [-0.3, -0.25) is 0 Å². The standard InChI is InChI=1S/C11H15AsO.C2H5NO2.HI/c1-3-11(12,4-2)9-6-5-7-10(13)8-9;1-3-2(4)5;/h5-8,13H,3-4H2,1-2H3;3H,1H3,(H,4,5);1H/q+1;;/p-1. The smallest absolute Gasteiger partial charge is 0.133 e. The minimum absolute atomic E-state index is 0. The Morgan fingerprint density at radius 3 is 2.21 bits per heavy atom. The Morgan fingerprint density at radius 1 is 1.42 bits per heavy atom. The number of carbonyl (C=O) groups is 1. The topological polar surface area (TPSA) is 72.4 Å². The van der Waals surface area contributed by atoms with Crippen molar-refractivity contribution in [3.05, 3.63) is 29.8 Å². The molecule has 0 heterocycles. The number of halogens is 1. The van der Waals surface area contributed by atoms with Crippen molar-refractivity contribution in [3.8, 4) is 5.75 Å². The van der Waals surface area contributed by atoms with Crippen LogP contribution in [0.5, 0.6) is 5.75 Å². The van der Waals surface area contributed by atoms with Gasteiger partial charge in [0.05, 0.1) is 0 Å². The zero-order valence-electron chi connectivity index (χ0n) is 11.3. The van der Waals surface area contributed by atoms with Crippen molar-refractivity contribution in [1.29, 1.82) is 0 Å². The van der Waals surface area contributed by atoms with Crippen LogP contribution in [0.15, 0.2) is 24.3 Å². The van der Waals surface area contributed by atoms with E-state index in [4.69, 9.17) is 9.90 Å². The molecule has 3 radical (unpaired) electrons. The third-order valence-corrected chi connectivity index (χ3v) is 4.63. The van der Waals surface area contributed by atoms with Crippen LogP contribution in [0.2, 0.25) is 0 Å². The van der Waals surface area contributed by atoms with Gasteiger partial charge in [-0.25, -0.2) is 0 Å². The molecule has 6 heteroatoms. The number of carbonyl (C=O) groups excluding carboxylic acids is 1. The van der Waals surface area contributed by atoms with Crippen molar-refractivity contribution in [2.45, 2.75) is 30.9 Å². The minimum atomic E-state index is -1.25. The minimum Gasteiger partial charge on any atom is -0.530 e. The summed E-state index contributed by atoms with van der Waals surface area (Å²) < 4.78 is 0.145. The first-order valence-corrected chi connectivity index (χ1v) is 6.74. The largest absolute Gasteiger partial charge is 0.530 e. The molecule has 0 aromatic heterocycles. The molecule has 0 bridgehead atoms. The van der Waals surface area contributed by atoms with E-state index in [-0.39, 0.29) is 28.2 Å². The van der Waals surface area contributed by atoms with Crippen molar-refractivity contribution < 1.29 is 15.0 Å². The normalized spacial score (nSPS) is 9.68. The van der Waals surface area contributed by atoms with Crippen LogP contribution in [0.1, 0.15) is 32.3 Å². The summed E-state index contributed by atoms with van der Waals surface area (Å²) in [7, 11) is 1.29. The Bertz CT molecular complexity index is 384. The Morgan fingerprint density at radius 2 is 1.89 bits per heavy atom. The van der Waals surface area contributed by atoms with Crippen LogP contribution in [-0.4, -0.2) is 35.1 Å². The zero-order valence-corrected chi connectivity index (χ0v) is 15.5. The molecule has 1 rings (SSSR count). The molecular weight excluding hydrogens is 420 g/mol. The average Bonchev–Trinajstić information content (AvgIpc) is 2.38. The average molecular weight is 440 g/mol. The van der Waals surface area contributed by atoms with E-state index in [1.807, 2.05) is 17.4 Å². The van der Waals surface area contributed by atoms with Crippen LogP contribution in [0, 0.1) is 0 Å². The quantitative estimate of drug-likeness (QED) is 0.556. The maximum absolute atomic E-state index is 9.36. The molecule has 0 saturated heterocycles. The summed E-state index contributed by atoms with van der Waals surface area (Å²) in [6.07, 6.45) is 0.907. The van der Waals surface area contributed by atoms with Crippen LogP contribution in [-0.2, 0) is 4.20 Å². The van der Waals surface area contributed by atoms with Crippen molar-refractivity contribution in [2.24, 2.45) is 0 Å². The summed E-state index contributed by atoms with van der Waals surface area (Å²) in [5.74, 6) is 0.356. The van der Waals surface area contributed by atoms with E-state index in [0.717, 1.165) is 12.8 Å². The number of rotatable bonds is 3. The molecular formula is C13H20AsINO3. The van der Waals surface area contributed by atoms with Gasteiger partial charge in [0.15, 0.2) is 0 Å². The van der Waals surface area contributed by atoms with Gasteiger partial charge < -0.3 is 15.2 Å². The number of amides is 1. The molecule has 0 aliphatic rings. The summed E-state index contributed by atoms with van der Waals surface area (Å²) in [6, 6.07) is 7.54. The number of phenolic OH excluding ortho intramolecular Hbond substituents is 1. The van der Waals surface area contributed by atoms with Gasteiger partial charge in [0.25, 0.3) is 0 Å². The first-order valence-electron chi connectivity index (χ1n) is 5.80. The van der Waals surface area contributed by atoms with E-state index in [0.29, 0.717) is 5.75 Å². The van der Waals surface area contributed by atoms with E-state index in [1.165, 1.54) is 12.6 Å². The predicted octanol–water partition coefficient (Wildman–Crippen LogP) is 1.74. The molecule has 0 aliphatic carbocycles. The van der Waals surface area contributed by atoms with Crippen molar-refractivity contribution >= 4 is 46.9 Å². The fraction of sp³-hybridized carbons (Fsp3) is 0.462. The van der Waals surface area contributed by atoms with Crippen molar-refractivity contribution in [3.63, 3.8) is 0 Å². The molecule has 0 aliphatic heterocycles. The molecule has 2 N–H and O–H groups in total. The molecule has 0 fully saturated rings. The summed E-state index contributed by atoms with van der Waals surface area (Å²) >= 11 is 2.73. The Balaban J connectivity index is 0. The van der Waals surface area contributed by atoms with Crippen molar-refractivity contribution in [2.75, 3.05) is 7.05 Å². The second-order valence-electron chi connectivity index (χ2n) is 3.83. The molecule has 0 unspecified atom stereocenters. The van der Waals surface area contributed by atoms with E-state index < -0.39 is 6.09 Å². The monoisotopic (exact) mass is 440 g/mol. The Labute approximate surface area is 140 Å². The van der Waals surface area contributed by atoms with E-state index in [9.17, 15) is 5.11 Å². The van der Waals surface area contributed by atoms with Crippen LogP contribution in [0.4, 0.5) is 4.79 Å². The number of phenols is 1. The first-order chi connectivity index (χ1) is 8.39. The molecule has 4 nitrogen and oxygen atoms in total. The third-order valence-electron chi connectivity index (χ3n) is 2.76. The molecule has 107 valence electrons. The number of benzene rings is 1. The Kier molecular flexibility index (Phi) is 11.4. The van der Waals surface area contributed by atoms with Crippen LogP contribution >= 0.6 is 24.0 Å². The molecule has 0 spiro atoms. The van der Waals surface area contributed by atoms with Gasteiger partial charge in [-0.15, -0.1) is 24.0 Å². The maximum Gasteiger partial charge on any atom is 0.133 e. The number of hydrogen-bond donors (Lipinski definition) is 2. The molecule has 19 heavy (non-hydrogen) atoms. The number of carboxylic acid groups (broad SMARTS) is 1. The van der Waals surface area contributed by atoms with Crippen molar-refractivity contribution in [1.82, 2.24) is 5.32 Å². The Hall–Kier alpha value is -0.422. The van der Waals surface area contributed by atoms with Gasteiger partial charge in [0.1, 0.15) is 6.09 Å². The number of hydrogen-bond acceptors (Lipinski definition) is 3. The van der Waals surface area contributed by atoms with Crippen LogP contribution in [0.25, 0.3) is 0 Å². The molecule has 1 amide bonds. The second-order valence-corrected chi connectivity index (χ2v) is 5.62. The SMILES string of the molecule is CCC([As+])(CC)c1cccc(O)c1.CNC(=O)[O-].I. The van der Waals surface area contributed by atoms with E-state index in [2.05, 4.69) is 36.8 Å². The van der Waals surface area contributed by atoms with Gasteiger partial charge in [-0.05, 0) is 0 Å². The first kappa shape index (κ1) is 20.9. The van der Waals surface area contributed by atoms with Crippen LogP contribution in [0.3, 0.4) is 0 Å². The van der Waals surface area contributed by atoms with Gasteiger partial charge >= 0.3 is 88.4 Å². The number of nitrogens with one attached hydrogen (secondary N) is 1. The molecule has 1 aromatic carbocycles. The van der Waals surface area contributed by atoms with E-state index >= 15 is 0 Å². The summed E-state index contributed by atoms with van der Waals surface area (Å²) in [5, 5.41) is 20.3. The predicted molar refractivity (Wildman–Crippen MR) is 86.0 cm³/mol. The third kappa shape index (κ3) is 7.67. The fourth-order valence-electron chi connectivity index (χ4n) is 1.45. The molecule has 0 saturated carbocycles. The summed E-state index contributed by atoms with van der Waals surface area (Å²) in [6.45, 7) is 4.34. The van der Waals surface area contributed by atoms with Crippen LogP contribution < -0.4 is 10.4 Å². The zero-order chi connectivity index (χ0) is 14.2. The van der Waals surface area contributed by atoms with Gasteiger partial charge in [-0.2, -0.15) is 0 Å². The van der Waals surface area contributed by atoms with Gasteiger partial charge in [-0.1, -0.05) is 0 Å². The molecule has 1 aromatic rings. The molecule has 0 atom stereocenters.